The van der Waals surface area contributed by atoms with Gasteiger partial charge in [0, 0.05) is 0 Å². The molecule has 0 aromatic heterocycles. The quantitative estimate of drug-likeness (QED) is 0.400. The first-order valence-electron chi connectivity index (χ1n) is 0.478. The van der Waals surface area contributed by atoms with Gasteiger partial charge >= 0.3 is 82.1 Å². The molecular weight excluding hydrogens is 442 g/mol. The van der Waals surface area contributed by atoms with Crippen molar-refractivity contribution in [3.8, 4) is 0 Å². The predicted octanol–water partition coefficient (Wildman–Crippen LogP) is 3.15. The van der Waals surface area contributed by atoms with Gasteiger partial charge in [-0.3, -0.25) is 0 Å². The molecule has 0 saturated heterocycles. The van der Waals surface area contributed by atoms with Crippen molar-refractivity contribution in [1.29, 1.82) is 0 Å². The van der Waals surface area contributed by atoms with Crippen molar-refractivity contribution in [3.63, 3.8) is 0 Å². The van der Waals surface area contributed by atoms with Gasteiger partial charge in [-0.15, -0.1) is 0 Å². The molecule has 0 bridgehead atoms. The van der Waals surface area contributed by atoms with Gasteiger partial charge in [0.2, 0.25) is 0 Å². The van der Waals surface area contributed by atoms with Gasteiger partial charge in [0.05, 0.1) is 0 Å². The Morgan fingerprint density at radius 2 is 1.17 bits per heavy atom. The zero-order chi connectivity index (χ0) is 5.41. The normalized spacial score (nSPS) is 7.33. The molecule has 0 fully saturated rings. The molecule has 0 heterocycles. The Labute approximate surface area is 80.4 Å². The van der Waals surface area contributed by atoms with E-state index in [-0.39, 0.29) is 0 Å². The minimum absolute atomic E-state index is 0.569. The molecule has 0 aliphatic carbocycles. The molecule has 0 N–H and O–H groups in total. The second-order valence-electron chi connectivity index (χ2n) is 0.0904. The first-order valence-corrected chi connectivity index (χ1v) is 9.57. The van der Waals surface area contributed by atoms with Gasteiger partial charge in [0.15, 0.2) is 0 Å². The molecule has 0 unspecified atom stereocenters. The summed E-state index contributed by atoms with van der Waals surface area (Å²) in [4.78, 5) is 0. The molecule has 0 rings (SSSR count). The van der Waals surface area contributed by atoms with Crippen LogP contribution in [0.1, 0.15) is 0 Å². The van der Waals surface area contributed by atoms with Crippen LogP contribution in [0.5, 0.6) is 0 Å². The van der Waals surface area contributed by atoms with Crippen LogP contribution in [-0.4, -0.2) is 0 Å². The molecular formula is Cl2I2Ni2. The summed E-state index contributed by atoms with van der Waals surface area (Å²) in [5.41, 5.74) is 0. The maximum absolute atomic E-state index is 4.70. The standard InChI is InChI=1S/2ClH.2HI.2Ni/h4*1H;;/q;;;;2*+2/p-4. The molecule has 0 atom stereocenters. The van der Waals surface area contributed by atoms with Crippen molar-refractivity contribution >= 4 is 61.4 Å². The Bertz CT molecular complexity index is 11.5. The molecule has 0 aromatic rings. The summed E-state index contributed by atoms with van der Waals surface area (Å²) in [6.45, 7) is 0. The first kappa shape index (κ1) is 11.8. The van der Waals surface area contributed by atoms with Crippen LogP contribution in [0.25, 0.3) is 0 Å². The predicted molar refractivity (Wildman–Crippen MR) is 39.7 cm³/mol. The van der Waals surface area contributed by atoms with Crippen LogP contribution in [0, 0.1) is 0 Å². The van der Waals surface area contributed by atoms with E-state index in [1.165, 1.54) is 0 Å². The molecule has 6 heavy (non-hydrogen) atoms. The fourth-order valence-electron chi connectivity index (χ4n) is 0. The molecule has 6 heteroatoms. The van der Waals surface area contributed by atoms with Crippen molar-refractivity contribution in [2.45, 2.75) is 0 Å². The van der Waals surface area contributed by atoms with Crippen molar-refractivity contribution in [1.82, 2.24) is 0 Å². The Morgan fingerprint density at radius 1 is 1.17 bits per heavy atom. The summed E-state index contributed by atoms with van der Waals surface area (Å²) in [5.74, 6) is 0. The third kappa shape index (κ3) is 27.9. The maximum atomic E-state index is 4.70. The molecule has 0 aliphatic rings. The van der Waals surface area contributed by atoms with Crippen molar-refractivity contribution < 1.29 is 20.7 Å². The molecule has 0 aliphatic heterocycles. The van der Waals surface area contributed by atoms with Crippen LogP contribution in [-0.2, 0) is 20.7 Å². The molecule has 0 amide bonds. The van der Waals surface area contributed by atoms with E-state index in [9.17, 15) is 0 Å². The molecule has 0 saturated carbocycles. The van der Waals surface area contributed by atoms with Crippen molar-refractivity contribution in [3.05, 3.63) is 0 Å². The van der Waals surface area contributed by atoms with E-state index in [1.807, 2.05) is 0 Å². The molecule has 0 nitrogen and oxygen atoms in total. The van der Waals surface area contributed by atoms with Crippen LogP contribution in [0.15, 0.2) is 0 Å². The van der Waals surface area contributed by atoms with Gasteiger partial charge in [0.25, 0.3) is 0 Å². The number of rotatable bonds is 0. The number of hydrogen-bond acceptors (Lipinski definition) is 0. The average Bonchev–Trinajstić information content (AvgIpc) is 1.39. The van der Waals surface area contributed by atoms with E-state index in [0.29, 0.717) is 12.7 Å². The number of halogens is 4. The van der Waals surface area contributed by atoms with E-state index >= 15 is 0 Å². The molecule has 0 radical (unpaired) electrons. The summed E-state index contributed by atoms with van der Waals surface area (Å²) in [5, 5.41) is 0. The van der Waals surface area contributed by atoms with Crippen LogP contribution in [0.3, 0.4) is 0 Å². The third-order valence-corrected chi connectivity index (χ3v) is 0. The van der Waals surface area contributed by atoms with Crippen LogP contribution >= 0.6 is 61.4 Å². The SMILES string of the molecule is [Cl][Ni][Cl].[I][Ni][I]. The van der Waals surface area contributed by atoms with Gasteiger partial charge in [-0.25, -0.2) is 0 Å². The summed E-state index contributed by atoms with van der Waals surface area (Å²) in [6.07, 6.45) is 0. The summed E-state index contributed by atoms with van der Waals surface area (Å²) in [7, 11) is 11.0. The Kier molecular flexibility index (Phi) is 30.8. The van der Waals surface area contributed by atoms with E-state index < -0.39 is 0 Å². The molecule has 48 valence electrons. The Morgan fingerprint density at radius 3 is 1.17 bits per heavy atom. The average molecular weight is 442 g/mol. The molecule has 0 aromatic carbocycles. The van der Waals surface area contributed by atoms with E-state index in [4.69, 9.17) is 20.4 Å². The summed E-state index contributed by atoms with van der Waals surface area (Å²) in [6, 6.07) is 0. The fourth-order valence-corrected chi connectivity index (χ4v) is 0. The van der Waals surface area contributed by atoms with E-state index in [2.05, 4.69) is 41.0 Å². The van der Waals surface area contributed by atoms with Gasteiger partial charge in [0.1, 0.15) is 0 Å². The fraction of sp³-hybridized carbons (Fsp3) is 0. The van der Waals surface area contributed by atoms with Crippen molar-refractivity contribution in [2.24, 2.45) is 0 Å². The second kappa shape index (κ2) is 15.7. The van der Waals surface area contributed by atoms with Gasteiger partial charge in [-0.05, 0) is 0 Å². The van der Waals surface area contributed by atoms with Gasteiger partial charge < -0.3 is 0 Å². The second-order valence-corrected chi connectivity index (χ2v) is 10.1. The first-order chi connectivity index (χ1) is 2.83. The topological polar surface area (TPSA) is 0 Å². The summed E-state index contributed by atoms with van der Waals surface area (Å²) >= 11 is 4.99. The Hall–Kier alpha value is 3.03. The minimum atomic E-state index is 0.569. The zero-order valence-electron chi connectivity index (χ0n) is 2.14. The van der Waals surface area contributed by atoms with Gasteiger partial charge in [-0.2, -0.15) is 0 Å². The third-order valence-electron chi connectivity index (χ3n) is 0. The van der Waals surface area contributed by atoms with Crippen LogP contribution in [0.4, 0.5) is 0 Å². The van der Waals surface area contributed by atoms with Gasteiger partial charge in [-0.1, -0.05) is 0 Å². The van der Waals surface area contributed by atoms with E-state index in [1.54, 1.807) is 8.07 Å². The van der Waals surface area contributed by atoms with Crippen LogP contribution < -0.4 is 0 Å². The summed E-state index contributed by atoms with van der Waals surface area (Å²) < 4.78 is 0. The zero-order valence-corrected chi connectivity index (χ0v) is 9.95. The van der Waals surface area contributed by atoms with Crippen molar-refractivity contribution in [2.75, 3.05) is 0 Å². The monoisotopic (exact) mass is 440 g/mol. The Balaban J connectivity index is 0. The number of hydrogen-bond donors (Lipinski definition) is 0. The van der Waals surface area contributed by atoms with E-state index in [0.717, 1.165) is 0 Å². The van der Waals surface area contributed by atoms with Crippen LogP contribution in [0.2, 0.25) is 0 Å². The molecule has 0 spiro atoms.